The molecule has 12 heavy (non-hydrogen) atoms. The number of hydrogen-bond donors (Lipinski definition) is 0. The Morgan fingerprint density at radius 1 is 1.42 bits per heavy atom. The van der Waals surface area contributed by atoms with Gasteiger partial charge in [-0.3, -0.25) is 4.79 Å². The number of hydrogen-bond acceptors (Lipinski definition) is 2. The number of rotatable bonds is 6. The Labute approximate surface area is 75.3 Å². The van der Waals surface area contributed by atoms with Crippen molar-refractivity contribution < 1.29 is 9.53 Å². The third-order valence-corrected chi connectivity index (χ3v) is 2.07. The molecule has 0 fully saturated rings. The Morgan fingerprint density at radius 3 is 2.50 bits per heavy atom. The lowest BCUT2D eigenvalue weighted by atomic mass is 10.0. The van der Waals surface area contributed by atoms with Crippen molar-refractivity contribution in [2.45, 2.75) is 46.5 Å². The van der Waals surface area contributed by atoms with Crippen molar-refractivity contribution in [3.63, 3.8) is 0 Å². The molecule has 1 atom stereocenters. The van der Waals surface area contributed by atoms with Gasteiger partial charge in [-0.15, -0.1) is 0 Å². The summed E-state index contributed by atoms with van der Waals surface area (Å²) < 4.78 is 4.95. The van der Waals surface area contributed by atoms with E-state index in [2.05, 4.69) is 13.8 Å². The number of carbonyl (C=O) groups is 1. The Hall–Kier alpha value is -0.530. The van der Waals surface area contributed by atoms with Crippen LogP contribution < -0.4 is 0 Å². The highest BCUT2D eigenvalue weighted by Gasteiger charge is 2.06. The fourth-order valence-electron chi connectivity index (χ4n) is 1.13. The molecule has 2 nitrogen and oxygen atoms in total. The molecule has 0 rings (SSSR count). The van der Waals surface area contributed by atoms with Crippen LogP contribution in [0.5, 0.6) is 0 Å². The fourth-order valence-corrected chi connectivity index (χ4v) is 1.13. The molecule has 0 aliphatic rings. The quantitative estimate of drug-likeness (QED) is 0.576. The van der Waals surface area contributed by atoms with Crippen LogP contribution >= 0.6 is 0 Å². The van der Waals surface area contributed by atoms with E-state index in [4.69, 9.17) is 4.74 Å². The van der Waals surface area contributed by atoms with Crippen molar-refractivity contribution >= 4 is 5.97 Å². The smallest absolute Gasteiger partial charge is 0.302 e. The van der Waals surface area contributed by atoms with Gasteiger partial charge in [0.25, 0.3) is 0 Å². The van der Waals surface area contributed by atoms with Gasteiger partial charge in [-0.25, -0.2) is 0 Å². The lowest BCUT2D eigenvalue weighted by Gasteiger charge is -2.13. The molecule has 72 valence electrons. The van der Waals surface area contributed by atoms with Crippen LogP contribution in [-0.2, 0) is 9.53 Å². The van der Waals surface area contributed by atoms with Gasteiger partial charge in [0.05, 0.1) is 6.61 Å². The van der Waals surface area contributed by atoms with Gasteiger partial charge in [-0.1, -0.05) is 33.1 Å². The number of esters is 1. The largest absolute Gasteiger partial charge is 0.466 e. The Bertz CT molecular complexity index is 121. The van der Waals surface area contributed by atoms with Gasteiger partial charge in [-0.2, -0.15) is 0 Å². The minimum absolute atomic E-state index is 0.162. The van der Waals surface area contributed by atoms with Crippen molar-refractivity contribution in [2.75, 3.05) is 6.61 Å². The number of carbonyl (C=O) groups excluding carboxylic acids is 1. The zero-order chi connectivity index (χ0) is 9.40. The molecule has 0 radical (unpaired) electrons. The molecule has 0 bridgehead atoms. The van der Waals surface area contributed by atoms with Crippen molar-refractivity contribution in [1.82, 2.24) is 0 Å². The zero-order valence-corrected chi connectivity index (χ0v) is 8.43. The molecule has 0 aromatic heterocycles. The first-order chi connectivity index (χ1) is 5.70. The fraction of sp³-hybridized carbons (Fsp3) is 0.900. The molecular weight excluding hydrogens is 152 g/mol. The summed E-state index contributed by atoms with van der Waals surface area (Å²) in [6.45, 7) is 6.39. The van der Waals surface area contributed by atoms with Crippen molar-refractivity contribution in [2.24, 2.45) is 5.92 Å². The lowest BCUT2D eigenvalue weighted by molar-refractivity contribution is -0.142. The van der Waals surface area contributed by atoms with E-state index in [0.717, 1.165) is 6.42 Å². The summed E-state index contributed by atoms with van der Waals surface area (Å²) in [5, 5.41) is 0. The summed E-state index contributed by atoms with van der Waals surface area (Å²) in [4.78, 5) is 10.5. The molecule has 0 saturated heterocycles. The normalized spacial score (nSPS) is 12.6. The average Bonchev–Trinajstić information content (AvgIpc) is 2.05. The maximum absolute atomic E-state index is 10.5. The topological polar surface area (TPSA) is 26.3 Å². The van der Waals surface area contributed by atoms with E-state index in [1.165, 1.54) is 26.2 Å². The van der Waals surface area contributed by atoms with E-state index in [-0.39, 0.29) is 5.97 Å². The van der Waals surface area contributed by atoms with Gasteiger partial charge >= 0.3 is 5.97 Å². The maximum Gasteiger partial charge on any atom is 0.302 e. The van der Waals surface area contributed by atoms with E-state index in [9.17, 15) is 4.79 Å². The molecular formula is C10H20O2. The van der Waals surface area contributed by atoms with Crippen LogP contribution in [-0.4, -0.2) is 12.6 Å². The number of ether oxygens (including phenoxy) is 1. The Morgan fingerprint density at radius 2 is 2.08 bits per heavy atom. The van der Waals surface area contributed by atoms with E-state index >= 15 is 0 Å². The van der Waals surface area contributed by atoms with Crippen LogP contribution in [0.15, 0.2) is 0 Å². The third kappa shape index (κ3) is 6.20. The second kappa shape index (κ2) is 7.14. The first-order valence-electron chi connectivity index (χ1n) is 4.84. The van der Waals surface area contributed by atoms with Gasteiger partial charge in [0.2, 0.25) is 0 Å². The minimum atomic E-state index is -0.162. The molecule has 0 saturated carbocycles. The van der Waals surface area contributed by atoms with Gasteiger partial charge in [-0.05, 0) is 12.3 Å². The Kier molecular flexibility index (Phi) is 6.82. The summed E-state index contributed by atoms with van der Waals surface area (Å²) in [6, 6.07) is 0. The van der Waals surface area contributed by atoms with Gasteiger partial charge in [0, 0.05) is 6.92 Å². The van der Waals surface area contributed by atoms with Crippen LogP contribution in [0.2, 0.25) is 0 Å². The predicted molar refractivity (Wildman–Crippen MR) is 49.9 cm³/mol. The highest BCUT2D eigenvalue weighted by molar-refractivity contribution is 5.65. The van der Waals surface area contributed by atoms with Gasteiger partial charge in [0.1, 0.15) is 0 Å². The molecule has 0 aromatic rings. The minimum Gasteiger partial charge on any atom is -0.466 e. The van der Waals surface area contributed by atoms with Crippen LogP contribution in [0.1, 0.15) is 46.5 Å². The van der Waals surface area contributed by atoms with Crippen LogP contribution in [0.25, 0.3) is 0 Å². The average molecular weight is 172 g/mol. The molecule has 0 spiro atoms. The predicted octanol–water partition coefficient (Wildman–Crippen LogP) is 2.77. The SMILES string of the molecule is CCCC[C@H](CC)COC(C)=O. The summed E-state index contributed by atoms with van der Waals surface area (Å²) >= 11 is 0. The highest BCUT2D eigenvalue weighted by atomic mass is 16.5. The van der Waals surface area contributed by atoms with E-state index in [1.807, 2.05) is 0 Å². The molecule has 0 aliphatic heterocycles. The summed E-state index contributed by atoms with van der Waals surface area (Å²) in [7, 11) is 0. The standard InChI is InChI=1S/C10H20O2/c1-4-6-7-10(5-2)8-12-9(3)11/h10H,4-8H2,1-3H3/t10-/m0/s1. The summed E-state index contributed by atoms with van der Waals surface area (Å²) in [5.41, 5.74) is 0. The van der Waals surface area contributed by atoms with Gasteiger partial charge < -0.3 is 4.74 Å². The first kappa shape index (κ1) is 11.5. The maximum atomic E-state index is 10.5. The molecule has 2 heteroatoms. The lowest BCUT2D eigenvalue weighted by Crippen LogP contribution is -2.11. The zero-order valence-electron chi connectivity index (χ0n) is 8.43. The van der Waals surface area contributed by atoms with E-state index < -0.39 is 0 Å². The molecule has 0 N–H and O–H groups in total. The first-order valence-corrected chi connectivity index (χ1v) is 4.84. The third-order valence-electron chi connectivity index (χ3n) is 2.07. The van der Waals surface area contributed by atoms with Crippen LogP contribution in [0.4, 0.5) is 0 Å². The Balaban J connectivity index is 3.45. The monoisotopic (exact) mass is 172 g/mol. The van der Waals surface area contributed by atoms with Crippen LogP contribution in [0, 0.1) is 5.92 Å². The molecule has 0 aliphatic carbocycles. The number of unbranched alkanes of at least 4 members (excludes halogenated alkanes) is 1. The molecule has 0 heterocycles. The van der Waals surface area contributed by atoms with Gasteiger partial charge in [0.15, 0.2) is 0 Å². The van der Waals surface area contributed by atoms with E-state index in [1.54, 1.807) is 0 Å². The highest BCUT2D eigenvalue weighted by Crippen LogP contribution is 2.12. The van der Waals surface area contributed by atoms with E-state index in [0.29, 0.717) is 12.5 Å². The second-order valence-electron chi connectivity index (χ2n) is 3.22. The second-order valence-corrected chi connectivity index (χ2v) is 3.22. The summed E-state index contributed by atoms with van der Waals surface area (Å²) in [6.07, 6.45) is 4.74. The summed E-state index contributed by atoms with van der Waals surface area (Å²) in [5.74, 6) is 0.402. The molecule has 0 amide bonds. The van der Waals surface area contributed by atoms with Crippen molar-refractivity contribution in [3.05, 3.63) is 0 Å². The van der Waals surface area contributed by atoms with Crippen LogP contribution in [0.3, 0.4) is 0 Å². The van der Waals surface area contributed by atoms with Crippen molar-refractivity contribution in [1.29, 1.82) is 0 Å². The van der Waals surface area contributed by atoms with Crippen molar-refractivity contribution in [3.8, 4) is 0 Å². The molecule has 0 unspecified atom stereocenters. The molecule has 0 aromatic carbocycles.